The molecule has 6 nitrogen and oxygen atoms in total. The summed E-state index contributed by atoms with van der Waals surface area (Å²) in [5.41, 5.74) is 0.602. The molecule has 88 valence electrons. The highest BCUT2D eigenvalue weighted by Gasteiger charge is 2.13. The third kappa shape index (κ3) is 2.60. The Kier molecular flexibility index (Phi) is 3.04. The normalized spacial score (nSPS) is 10.0. The molecule has 0 aliphatic carbocycles. The van der Waals surface area contributed by atoms with Crippen LogP contribution in [0.4, 0.5) is 5.69 Å². The number of aryl methyl sites for hydroxylation is 1. The monoisotopic (exact) mass is 233 g/mol. The number of anilines is 1. The molecule has 1 amide bonds. The van der Waals surface area contributed by atoms with Gasteiger partial charge in [-0.3, -0.25) is 4.79 Å². The van der Waals surface area contributed by atoms with Gasteiger partial charge in [-0.1, -0.05) is 6.07 Å². The minimum Gasteiger partial charge on any atom is -0.497 e. The van der Waals surface area contributed by atoms with Gasteiger partial charge in [-0.05, 0) is 12.1 Å². The lowest BCUT2D eigenvalue weighted by atomic mass is 10.3. The molecule has 0 radical (unpaired) electrons. The van der Waals surface area contributed by atoms with Gasteiger partial charge in [-0.25, -0.2) is 0 Å². The van der Waals surface area contributed by atoms with E-state index < -0.39 is 5.91 Å². The van der Waals surface area contributed by atoms with Crippen LogP contribution in [0, 0.1) is 6.92 Å². The van der Waals surface area contributed by atoms with Crippen LogP contribution in [-0.2, 0) is 0 Å². The lowest BCUT2D eigenvalue weighted by molar-refractivity contribution is 0.0989. The van der Waals surface area contributed by atoms with Crippen molar-refractivity contribution in [3.63, 3.8) is 0 Å². The van der Waals surface area contributed by atoms with Gasteiger partial charge in [-0.2, -0.15) is 0 Å². The van der Waals surface area contributed by atoms with Gasteiger partial charge >= 0.3 is 11.8 Å². The first-order valence-corrected chi connectivity index (χ1v) is 4.94. The third-order valence-corrected chi connectivity index (χ3v) is 2.05. The van der Waals surface area contributed by atoms with E-state index in [4.69, 9.17) is 9.15 Å². The van der Waals surface area contributed by atoms with Gasteiger partial charge in [0.15, 0.2) is 0 Å². The summed E-state index contributed by atoms with van der Waals surface area (Å²) < 4.78 is 10.1. The Balaban J connectivity index is 2.12. The summed E-state index contributed by atoms with van der Waals surface area (Å²) in [7, 11) is 1.56. The highest BCUT2D eigenvalue weighted by atomic mass is 16.5. The van der Waals surface area contributed by atoms with Crippen LogP contribution in [0.5, 0.6) is 5.75 Å². The average Bonchev–Trinajstić information content (AvgIpc) is 2.76. The Morgan fingerprint density at radius 3 is 2.88 bits per heavy atom. The van der Waals surface area contributed by atoms with Gasteiger partial charge in [0.25, 0.3) is 0 Å². The van der Waals surface area contributed by atoms with Crippen molar-refractivity contribution < 1.29 is 13.9 Å². The number of hydrogen-bond acceptors (Lipinski definition) is 5. The first-order valence-electron chi connectivity index (χ1n) is 4.94. The van der Waals surface area contributed by atoms with Crippen molar-refractivity contribution in [2.24, 2.45) is 0 Å². The molecule has 1 heterocycles. The van der Waals surface area contributed by atoms with Crippen molar-refractivity contribution in [3.8, 4) is 5.75 Å². The van der Waals surface area contributed by atoms with Gasteiger partial charge in [0, 0.05) is 18.7 Å². The Morgan fingerprint density at radius 2 is 2.24 bits per heavy atom. The molecule has 0 fully saturated rings. The molecule has 2 aromatic rings. The quantitative estimate of drug-likeness (QED) is 0.871. The second-order valence-electron chi connectivity index (χ2n) is 3.31. The molecule has 0 saturated heterocycles. The van der Waals surface area contributed by atoms with Crippen molar-refractivity contribution in [3.05, 3.63) is 36.0 Å². The summed E-state index contributed by atoms with van der Waals surface area (Å²) in [6, 6.07) is 6.99. The lowest BCUT2D eigenvalue weighted by Crippen LogP contribution is -2.12. The lowest BCUT2D eigenvalue weighted by Gasteiger charge is -2.04. The van der Waals surface area contributed by atoms with Crippen LogP contribution in [0.2, 0.25) is 0 Å². The second kappa shape index (κ2) is 4.65. The van der Waals surface area contributed by atoms with Crippen LogP contribution in [0.1, 0.15) is 16.6 Å². The SMILES string of the molecule is COc1cccc(NC(=O)c2nnc(C)o2)c1. The van der Waals surface area contributed by atoms with Crippen LogP contribution in [0.15, 0.2) is 28.7 Å². The van der Waals surface area contributed by atoms with Gasteiger partial charge < -0.3 is 14.5 Å². The minimum atomic E-state index is -0.446. The zero-order chi connectivity index (χ0) is 12.3. The first-order chi connectivity index (χ1) is 8.19. The molecule has 1 aromatic heterocycles. The number of nitrogens with zero attached hydrogens (tertiary/aromatic N) is 2. The van der Waals surface area contributed by atoms with Gasteiger partial charge in [0.2, 0.25) is 5.89 Å². The van der Waals surface area contributed by atoms with Crippen LogP contribution in [0.3, 0.4) is 0 Å². The summed E-state index contributed by atoms with van der Waals surface area (Å²) in [6.45, 7) is 1.62. The molecular weight excluding hydrogens is 222 g/mol. The van der Waals surface area contributed by atoms with E-state index in [2.05, 4.69) is 15.5 Å². The standard InChI is InChI=1S/C11H11N3O3/c1-7-13-14-11(17-7)10(15)12-8-4-3-5-9(6-8)16-2/h3-6H,1-2H3,(H,12,15). The topological polar surface area (TPSA) is 77.2 Å². The van der Waals surface area contributed by atoms with Crippen molar-refractivity contribution >= 4 is 11.6 Å². The van der Waals surface area contributed by atoms with Gasteiger partial charge in [0.05, 0.1) is 7.11 Å². The van der Waals surface area contributed by atoms with Gasteiger partial charge in [-0.15, -0.1) is 10.2 Å². The van der Waals surface area contributed by atoms with Crippen LogP contribution in [0.25, 0.3) is 0 Å². The van der Waals surface area contributed by atoms with Crippen molar-refractivity contribution in [2.45, 2.75) is 6.92 Å². The van der Waals surface area contributed by atoms with E-state index in [9.17, 15) is 4.79 Å². The number of aromatic nitrogens is 2. The van der Waals surface area contributed by atoms with Gasteiger partial charge in [0.1, 0.15) is 5.75 Å². The number of amides is 1. The maximum absolute atomic E-state index is 11.7. The summed E-state index contributed by atoms with van der Waals surface area (Å²) in [6.07, 6.45) is 0. The average molecular weight is 233 g/mol. The molecule has 17 heavy (non-hydrogen) atoms. The van der Waals surface area contributed by atoms with E-state index in [0.29, 0.717) is 17.3 Å². The Bertz CT molecular complexity index is 536. The molecular formula is C11H11N3O3. The van der Waals surface area contributed by atoms with E-state index in [1.54, 1.807) is 38.3 Å². The van der Waals surface area contributed by atoms with E-state index in [-0.39, 0.29) is 5.89 Å². The predicted octanol–water partition coefficient (Wildman–Crippen LogP) is 1.64. The molecule has 0 saturated carbocycles. The van der Waals surface area contributed by atoms with E-state index in [0.717, 1.165) is 0 Å². The van der Waals surface area contributed by atoms with Crippen LogP contribution < -0.4 is 10.1 Å². The zero-order valence-electron chi connectivity index (χ0n) is 9.43. The smallest absolute Gasteiger partial charge is 0.313 e. The highest BCUT2D eigenvalue weighted by molar-refractivity contribution is 6.00. The Hall–Kier alpha value is -2.37. The predicted molar refractivity (Wildman–Crippen MR) is 60.0 cm³/mol. The largest absolute Gasteiger partial charge is 0.497 e. The maximum Gasteiger partial charge on any atom is 0.313 e. The number of benzene rings is 1. The zero-order valence-corrected chi connectivity index (χ0v) is 9.43. The maximum atomic E-state index is 11.7. The molecule has 0 aliphatic heterocycles. The molecule has 0 spiro atoms. The molecule has 1 aromatic carbocycles. The van der Waals surface area contributed by atoms with E-state index >= 15 is 0 Å². The number of carbonyl (C=O) groups is 1. The fourth-order valence-electron chi connectivity index (χ4n) is 1.27. The number of nitrogens with one attached hydrogen (secondary N) is 1. The van der Waals surface area contributed by atoms with E-state index in [1.165, 1.54) is 0 Å². The second-order valence-corrected chi connectivity index (χ2v) is 3.31. The fraction of sp³-hybridized carbons (Fsp3) is 0.182. The number of hydrogen-bond donors (Lipinski definition) is 1. The van der Waals surface area contributed by atoms with Crippen molar-refractivity contribution in [1.29, 1.82) is 0 Å². The van der Waals surface area contributed by atoms with Crippen molar-refractivity contribution in [1.82, 2.24) is 10.2 Å². The number of methoxy groups -OCH3 is 1. The molecule has 0 bridgehead atoms. The molecule has 0 unspecified atom stereocenters. The number of carbonyl (C=O) groups excluding carboxylic acids is 1. The molecule has 2 rings (SSSR count). The first kappa shape index (κ1) is 11.1. The Morgan fingerprint density at radius 1 is 1.41 bits per heavy atom. The molecule has 6 heteroatoms. The summed E-state index contributed by atoms with van der Waals surface area (Å²) in [5.74, 6) is 0.495. The molecule has 0 atom stereocenters. The third-order valence-electron chi connectivity index (χ3n) is 2.05. The summed E-state index contributed by atoms with van der Waals surface area (Å²) in [5, 5.41) is 9.84. The summed E-state index contributed by atoms with van der Waals surface area (Å²) in [4.78, 5) is 11.7. The number of rotatable bonds is 3. The van der Waals surface area contributed by atoms with Crippen LogP contribution >= 0.6 is 0 Å². The minimum absolute atomic E-state index is 0.0645. The fourth-order valence-corrected chi connectivity index (χ4v) is 1.27. The summed E-state index contributed by atoms with van der Waals surface area (Å²) >= 11 is 0. The van der Waals surface area contributed by atoms with Crippen molar-refractivity contribution in [2.75, 3.05) is 12.4 Å². The highest BCUT2D eigenvalue weighted by Crippen LogP contribution is 2.17. The number of ether oxygens (including phenoxy) is 1. The molecule has 0 aliphatic rings. The Labute approximate surface area is 97.6 Å². The van der Waals surface area contributed by atoms with E-state index in [1.807, 2.05) is 0 Å². The molecule has 1 N–H and O–H groups in total. The van der Waals surface area contributed by atoms with Crippen LogP contribution in [-0.4, -0.2) is 23.2 Å².